The Morgan fingerprint density at radius 3 is 2.60 bits per heavy atom. The number of para-hydroxylation sites is 1. The molecule has 108 valence electrons. The lowest BCUT2D eigenvalue weighted by molar-refractivity contribution is -0.144. The highest BCUT2D eigenvalue weighted by molar-refractivity contribution is 5.96. The van der Waals surface area contributed by atoms with Crippen LogP contribution in [0.3, 0.4) is 0 Å². The fourth-order valence-electron chi connectivity index (χ4n) is 2.21. The third kappa shape index (κ3) is 2.75. The van der Waals surface area contributed by atoms with Crippen molar-refractivity contribution in [2.75, 3.05) is 24.7 Å². The molecular weight excluding hydrogens is 260 g/mol. The second-order valence-electron chi connectivity index (χ2n) is 4.70. The second kappa shape index (κ2) is 5.92. The number of urea groups is 1. The maximum absolute atomic E-state index is 12.3. The summed E-state index contributed by atoms with van der Waals surface area (Å²) in [6.45, 7) is 2.63. The van der Waals surface area contributed by atoms with Gasteiger partial charge in [0.15, 0.2) is 5.54 Å². The molecule has 1 aromatic rings. The van der Waals surface area contributed by atoms with Gasteiger partial charge in [-0.3, -0.25) is 4.90 Å². The quantitative estimate of drug-likeness (QED) is 0.874. The molecule has 2 rings (SSSR count). The fourth-order valence-corrected chi connectivity index (χ4v) is 2.21. The van der Waals surface area contributed by atoms with Crippen LogP contribution in [0.5, 0.6) is 0 Å². The number of amides is 2. The van der Waals surface area contributed by atoms with Crippen LogP contribution < -0.4 is 10.2 Å². The molecule has 1 heterocycles. The lowest BCUT2D eigenvalue weighted by Crippen LogP contribution is -2.58. The van der Waals surface area contributed by atoms with Gasteiger partial charge in [-0.15, -0.1) is 0 Å². The lowest BCUT2D eigenvalue weighted by Gasteiger charge is -2.28. The number of carboxylic acids is 1. The molecule has 6 heteroatoms. The molecule has 1 aromatic carbocycles. The predicted octanol–water partition coefficient (Wildman–Crippen LogP) is 1.47. The van der Waals surface area contributed by atoms with Crippen molar-refractivity contribution in [2.24, 2.45) is 0 Å². The van der Waals surface area contributed by atoms with Crippen LogP contribution in [0.1, 0.15) is 13.3 Å². The minimum absolute atomic E-state index is 0.000414. The number of nitrogens with one attached hydrogen (secondary N) is 1. The number of hydrogen-bond donors (Lipinski definition) is 2. The zero-order valence-electron chi connectivity index (χ0n) is 11.3. The average molecular weight is 278 g/mol. The SMILES string of the molecule is CCN(C(=O)NC1(C(=O)O)CCOC1)c1ccccc1. The van der Waals surface area contributed by atoms with Gasteiger partial charge >= 0.3 is 12.0 Å². The Bertz CT molecular complexity index is 483. The summed E-state index contributed by atoms with van der Waals surface area (Å²) in [7, 11) is 0. The zero-order valence-corrected chi connectivity index (χ0v) is 11.3. The fraction of sp³-hybridized carbons (Fsp3) is 0.429. The van der Waals surface area contributed by atoms with E-state index >= 15 is 0 Å². The van der Waals surface area contributed by atoms with E-state index in [4.69, 9.17) is 4.74 Å². The minimum Gasteiger partial charge on any atom is -0.479 e. The number of aliphatic carboxylic acids is 1. The van der Waals surface area contributed by atoms with Gasteiger partial charge in [-0.1, -0.05) is 18.2 Å². The smallest absolute Gasteiger partial charge is 0.332 e. The first-order valence-corrected chi connectivity index (χ1v) is 6.55. The third-order valence-electron chi connectivity index (χ3n) is 3.41. The molecule has 20 heavy (non-hydrogen) atoms. The summed E-state index contributed by atoms with van der Waals surface area (Å²) in [5.41, 5.74) is -0.591. The first-order chi connectivity index (χ1) is 9.59. The lowest BCUT2D eigenvalue weighted by atomic mass is 9.99. The largest absolute Gasteiger partial charge is 0.479 e. The van der Waals surface area contributed by atoms with Crippen molar-refractivity contribution in [3.05, 3.63) is 30.3 Å². The van der Waals surface area contributed by atoms with Gasteiger partial charge in [0.25, 0.3) is 0 Å². The number of ether oxygens (including phenoxy) is 1. The summed E-state index contributed by atoms with van der Waals surface area (Å²) in [6.07, 6.45) is 0.278. The molecule has 0 saturated carbocycles. The number of carboxylic acid groups (broad SMARTS) is 1. The summed E-state index contributed by atoms with van der Waals surface area (Å²) < 4.78 is 5.13. The zero-order chi connectivity index (χ0) is 14.6. The van der Waals surface area contributed by atoms with Crippen molar-refractivity contribution >= 4 is 17.7 Å². The first kappa shape index (κ1) is 14.3. The highest BCUT2D eigenvalue weighted by Gasteiger charge is 2.44. The molecule has 2 N–H and O–H groups in total. The van der Waals surface area contributed by atoms with Crippen LogP contribution in [0.15, 0.2) is 30.3 Å². The van der Waals surface area contributed by atoms with E-state index in [-0.39, 0.29) is 13.0 Å². The second-order valence-corrected chi connectivity index (χ2v) is 4.70. The Morgan fingerprint density at radius 1 is 1.40 bits per heavy atom. The molecule has 0 bridgehead atoms. The molecule has 1 saturated heterocycles. The van der Waals surface area contributed by atoms with Crippen LogP contribution >= 0.6 is 0 Å². The summed E-state index contributed by atoms with van der Waals surface area (Å²) in [4.78, 5) is 25.2. The minimum atomic E-state index is -1.32. The topological polar surface area (TPSA) is 78.9 Å². The molecule has 2 amide bonds. The van der Waals surface area contributed by atoms with E-state index in [0.717, 1.165) is 5.69 Å². The molecule has 1 aliphatic rings. The Labute approximate surface area is 117 Å². The number of benzene rings is 1. The number of hydrogen-bond acceptors (Lipinski definition) is 3. The van der Waals surface area contributed by atoms with Crippen molar-refractivity contribution in [1.82, 2.24) is 5.32 Å². The van der Waals surface area contributed by atoms with E-state index in [1.165, 1.54) is 4.90 Å². The van der Waals surface area contributed by atoms with Gasteiger partial charge in [0.1, 0.15) is 0 Å². The molecular formula is C14H18N2O4. The van der Waals surface area contributed by atoms with Gasteiger partial charge in [-0.2, -0.15) is 0 Å². The number of rotatable bonds is 4. The van der Waals surface area contributed by atoms with Crippen LogP contribution in [0.25, 0.3) is 0 Å². The predicted molar refractivity (Wildman–Crippen MR) is 73.8 cm³/mol. The summed E-state index contributed by atoms with van der Waals surface area (Å²) in [6, 6.07) is 8.71. The molecule has 1 atom stereocenters. The van der Waals surface area contributed by atoms with E-state index in [9.17, 15) is 14.7 Å². The van der Waals surface area contributed by atoms with Crippen LogP contribution in [-0.4, -0.2) is 42.4 Å². The van der Waals surface area contributed by atoms with E-state index in [2.05, 4.69) is 5.32 Å². The molecule has 1 unspecified atom stereocenters. The molecule has 0 radical (unpaired) electrons. The van der Waals surface area contributed by atoms with Crippen LogP contribution in [0.2, 0.25) is 0 Å². The number of carbonyl (C=O) groups is 2. The summed E-state index contributed by atoms with van der Waals surface area (Å²) in [5, 5.41) is 11.9. The van der Waals surface area contributed by atoms with Crippen molar-refractivity contribution < 1.29 is 19.4 Å². The highest BCUT2D eigenvalue weighted by Crippen LogP contribution is 2.21. The normalized spacial score (nSPS) is 21.4. The van der Waals surface area contributed by atoms with Crippen molar-refractivity contribution in [1.29, 1.82) is 0 Å². The maximum Gasteiger partial charge on any atom is 0.332 e. The monoisotopic (exact) mass is 278 g/mol. The Hall–Kier alpha value is -2.08. The summed E-state index contributed by atoms with van der Waals surface area (Å²) in [5.74, 6) is -1.06. The molecule has 0 aromatic heterocycles. The maximum atomic E-state index is 12.3. The molecule has 6 nitrogen and oxygen atoms in total. The third-order valence-corrected chi connectivity index (χ3v) is 3.41. The van der Waals surface area contributed by atoms with Gasteiger partial charge < -0.3 is 15.2 Å². The van der Waals surface area contributed by atoms with Crippen molar-refractivity contribution in [3.63, 3.8) is 0 Å². The van der Waals surface area contributed by atoms with E-state index in [1.54, 1.807) is 0 Å². The van der Waals surface area contributed by atoms with Gasteiger partial charge in [0.2, 0.25) is 0 Å². The van der Waals surface area contributed by atoms with Crippen LogP contribution in [0, 0.1) is 0 Å². The Kier molecular flexibility index (Phi) is 4.24. The molecule has 1 aliphatic heterocycles. The first-order valence-electron chi connectivity index (χ1n) is 6.55. The summed E-state index contributed by atoms with van der Waals surface area (Å²) >= 11 is 0. The standard InChI is InChI=1S/C14H18N2O4/c1-2-16(11-6-4-3-5-7-11)13(19)15-14(12(17)18)8-9-20-10-14/h3-7H,2,8-10H2,1H3,(H,15,19)(H,17,18). The number of nitrogens with zero attached hydrogens (tertiary/aromatic N) is 1. The Balaban J connectivity index is 2.15. The Morgan fingerprint density at radius 2 is 2.10 bits per heavy atom. The van der Waals surface area contributed by atoms with Crippen LogP contribution in [0.4, 0.5) is 10.5 Å². The highest BCUT2D eigenvalue weighted by atomic mass is 16.5. The van der Waals surface area contributed by atoms with Crippen LogP contribution in [-0.2, 0) is 9.53 Å². The molecule has 0 aliphatic carbocycles. The number of carbonyl (C=O) groups excluding carboxylic acids is 1. The average Bonchev–Trinajstić information content (AvgIpc) is 2.90. The number of anilines is 1. The van der Waals surface area contributed by atoms with E-state index < -0.39 is 17.5 Å². The van der Waals surface area contributed by atoms with Gasteiger partial charge in [0.05, 0.1) is 6.61 Å². The van der Waals surface area contributed by atoms with Crippen molar-refractivity contribution in [3.8, 4) is 0 Å². The van der Waals surface area contributed by atoms with E-state index in [1.807, 2.05) is 37.3 Å². The van der Waals surface area contributed by atoms with Gasteiger partial charge in [-0.25, -0.2) is 9.59 Å². The van der Waals surface area contributed by atoms with Gasteiger partial charge in [0, 0.05) is 25.3 Å². The van der Waals surface area contributed by atoms with Gasteiger partial charge in [-0.05, 0) is 19.1 Å². The molecule has 1 fully saturated rings. The van der Waals surface area contributed by atoms with Crippen molar-refractivity contribution in [2.45, 2.75) is 18.9 Å². The molecule has 0 spiro atoms. The van der Waals surface area contributed by atoms with E-state index in [0.29, 0.717) is 13.2 Å².